The number of hydrogen-bond acceptors (Lipinski definition) is 6. The number of benzene rings is 3. The van der Waals surface area contributed by atoms with Crippen LogP contribution in [0.25, 0.3) is 11.1 Å². The SMILES string of the molecule is COC(=O)CC[C@H](NP(=O)(OCC1c2ccccc2-c2ccccc21)c1ccccc1)C(=O)OC. The van der Waals surface area contributed by atoms with E-state index < -0.39 is 25.5 Å². The molecule has 8 heteroatoms. The van der Waals surface area contributed by atoms with Crippen LogP contribution in [0.5, 0.6) is 0 Å². The molecule has 1 aliphatic carbocycles. The number of rotatable bonds is 10. The summed E-state index contributed by atoms with van der Waals surface area (Å²) >= 11 is 0. The molecule has 0 radical (unpaired) electrons. The molecule has 1 aliphatic rings. The van der Waals surface area contributed by atoms with Crippen LogP contribution in [-0.2, 0) is 28.2 Å². The van der Waals surface area contributed by atoms with Gasteiger partial charge in [0, 0.05) is 12.3 Å². The van der Waals surface area contributed by atoms with Crippen molar-refractivity contribution in [2.45, 2.75) is 24.8 Å². The number of fused-ring (bicyclic) bond motifs is 3. The monoisotopic (exact) mass is 493 g/mol. The zero-order valence-corrected chi connectivity index (χ0v) is 20.6. The summed E-state index contributed by atoms with van der Waals surface area (Å²) in [5, 5.41) is 3.32. The Balaban J connectivity index is 1.63. The van der Waals surface area contributed by atoms with Crippen molar-refractivity contribution >= 4 is 24.8 Å². The van der Waals surface area contributed by atoms with Crippen molar-refractivity contribution in [2.75, 3.05) is 20.8 Å². The van der Waals surface area contributed by atoms with E-state index in [2.05, 4.69) is 29.4 Å². The summed E-state index contributed by atoms with van der Waals surface area (Å²) in [5.41, 5.74) is 4.46. The molecule has 0 aromatic heterocycles. The molecule has 7 nitrogen and oxygen atoms in total. The van der Waals surface area contributed by atoms with Crippen LogP contribution in [0.2, 0.25) is 0 Å². The van der Waals surface area contributed by atoms with E-state index in [9.17, 15) is 14.2 Å². The Morgan fingerprint density at radius 3 is 2.00 bits per heavy atom. The van der Waals surface area contributed by atoms with Crippen LogP contribution in [0.1, 0.15) is 29.9 Å². The maximum Gasteiger partial charge on any atom is 0.323 e. The lowest BCUT2D eigenvalue weighted by Crippen LogP contribution is -2.39. The highest BCUT2D eigenvalue weighted by molar-refractivity contribution is 7.65. The Bertz CT molecular complexity index is 1200. The fourth-order valence-corrected chi connectivity index (χ4v) is 6.32. The third-order valence-corrected chi connectivity index (χ3v) is 8.30. The van der Waals surface area contributed by atoms with Crippen LogP contribution < -0.4 is 10.4 Å². The molecule has 0 fully saturated rings. The molecule has 35 heavy (non-hydrogen) atoms. The van der Waals surface area contributed by atoms with Gasteiger partial charge in [-0.2, -0.15) is 0 Å². The van der Waals surface area contributed by atoms with Crippen LogP contribution in [0, 0.1) is 0 Å². The van der Waals surface area contributed by atoms with Gasteiger partial charge >= 0.3 is 11.9 Å². The first-order valence-electron chi connectivity index (χ1n) is 11.4. The highest BCUT2D eigenvalue weighted by atomic mass is 31.2. The van der Waals surface area contributed by atoms with E-state index in [0.717, 1.165) is 22.3 Å². The van der Waals surface area contributed by atoms with Crippen molar-refractivity contribution in [3.05, 3.63) is 90.0 Å². The first-order chi connectivity index (χ1) is 17.0. The average Bonchev–Trinajstić information content (AvgIpc) is 3.23. The Kier molecular flexibility index (Phi) is 7.81. The first kappa shape index (κ1) is 24.9. The van der Waals surface area contributed by atoms with Crippen molar-refractivity contribution in [2.24, 2.45) is 0 Å². The first-order valence-corrected chi connectivity index (χ1v) is 13.0. The summed E-state index contributed by atoms with van der Waals surface area (Å²) in [6.07, 6.45) is 0.00998. The molecular formula is C27H28NO6P. The molecule has 2 atom stereocenters. The zero-order valence-electron chi connectivity index (χ0n) is 19.7. The standard InChI is InChI=1S/C27H28NO6P/c1-32-26(29)17-16-25(27(30)33-2)28-35(31,19-10-4-3-5-11-19)34-18-24-22-14-8-6-12-20(22)21-13-7-9-15-23(21)24/h3-15,24-25H,16-18H2,1-2H3,(H,28,31)/t25-,35?/m0/s1. The predicted octanol–water partition coefficient (Wildman–Crippen LogP) is 4.42. The normalized spacial score (nSPS) is 14.9. The number of nitrogens with one attached hydrogen (secondary N) is 1. The average molecular weight is 493 g/mol. The van der Waals surface area contributed by atoms with Crippen LogP contribution in [0.15, 0.2) is 78.9 Å². The molecule has 0 saturated heterocycles. The third kappa shape index (κ3) is 5.38. The second-order valence-corrected chi connectivity index (χ2v) is 10.4. The van der Waals surface area contributed by atoms with Crippen molar-refractivity contribution in [3.8, 4) is 11.1 Å². The van der Waals surface area contributed by atoms with Crippen molar-refractivity contribution < 1.29 is 28.2 Å². The van der Waals surface area contributed by atoms with Gasteiger partial charge in [-0.05, 0) is 40.8 Å². The molecule has 182 valence electrons. The van der Waals surface area contributed by atoms with Crippen molar-refractivity contribution in [1.82, 2.24) is 5.09 Å². The van der Waals surface area contributed by atoms with Gasteiger partial charge in [-0.15, -0.1) is 0 Å². The number of carbonyl (C=O) groups is 2. The van der Waals surface area contributed by atoms with Crippen LogP contribution >= 0.6 is 7.52 Å². The number of hydrogen-bond donors (Lipinski definition) is 1. The van der Waals surface area contributed by atoms with Gasteiger partial charge < -0.3 is 14.0 Å². The Morgan fingerprint density at radius 2 is 1.43 bits per heavy atom. The van der Waals surface area contributed by atoms with Gasteiger partial charge in [-0.1, -0.05) is 66.7 Å². The molecule has 0 spiro atoms. The minimum absolute atomic E-state index is 0.0402. The van der Waals surface area contributed by atoms with E-state index in [1.54, 1.807) is 24.3 Å². The lowest BCUT2D eigenvalue weighted by atomic mass is 9.98. The maximum atomic E-state index is 14.3. The topological polar surface area (TPSA) is 90.9 Å². The van der Waals surface area contributed by atoms with E-state index in [-0.39, 0.29) is 25.4 Å². The molecule has 0 amide bonds. The summed E-state index contributed by atoms with van der Waals surface area (Å²) in [7, 11) is -1.22. The van der Waals surface area contributed by atoms with E-state index in [4.69, 9.17) is 14.0 Å². The summed E-state index contributed by atoms with van der Waals surface area (Å²) < 4.78 is 30.1. The van der Waals surface area contributed by atoms with E-state index in [0.29, 0.717) is 5.30 Å². The van der Waals surface area contributed by atoms with Gasteiger partial charge in [0.2, 0.25) is 0 Å². The predicted molar refractivity (Wildman–Crippen MR) is 134 cm³/mol. The van der Waals surface area contributed by atoms with Gasteiger partial charge in [-0.25, -0.2) is 5.09 Å². The van der Waals surface area contributed by atoms with Gasteiger partial charge in [0.25, 0.3) is 7.52 Å². The molecule has 0 heterocycles. The molecule has 4 rings (SSSR count). The summed E-state index contributed by atoms with van der Waals surface area (Å²) in [6, 6.07) is 23.9. The highest BCUT2D eigenvalue weighted by Gasteiger charge is 2.36. The Hall–Kier alpha value is -3.25. The quantitative estimate of drug-likeness (QED) is 0.330. The molecule has 3 aromatic rings. The maximum absolute atomic E-state index is 14.3. The molecule has 1 unspecified atom stereocenters. The number of esters is 2. The van der Waals surface area contributed by atoms with Crippen LogP contribution in [0.3, 0.4) is 0 Å². The van der Waals surface area contributed by atoms with E-state index in [1.807, 2.05) is 30.3 Å². The minimum atomic E-state index is -3.74. The largest absolute Gasteiger partial charge is 0.469 e. The lowest BCUT2D eigenvalue weighted by Gasteiger charge is -2.26. The van der Waals surface area contributed by atoms with Crippen LogP contribution in [-0.4, -0.2) is 38.8 Å². The molecule has 0 aliphatic heterocycles. The Labute approximate surface area is 204 Å². The van der Waals surface area contributed by atoms with Gasteiger partial charge in [0.05, 0.1) is 26.1 Å². The van der Waals surface area contributed by atoms with E-state index in [1.165, 1.54) is 14.2 Å². The fourth-order valence-electron chi connectivity index (χ4n) is 4.38. The molecule has 3 aromatic carbocycles. The van der Waals surface area contributed by atoms with Gasteiger partial charge in [0.15, 0.2) is 0 Å². The lowest BCUT2D eigenvalue weighted by molar-refractivity contribution is -0.144. The second kappa shape index (κ2) is 11.0. The summed E-state index contributed by atoms with van der Waals surface area (Å²) in [6.45, 7) is 0.137. The van der Waals surface area contributed by atoms with Gasteiger partial charge in [-0.3, -0.25) is 14.2 Å². The third-order valence-electron chi connectivity index (χ3n) is 6.16. The number of methoxy groups -OCH3 is 2. The van der Waals surface area contributed by atoms with Crippen LogP contribution in [0.4, 0.5) is 0 Å². The van der Waals surface area contributed by atoms with Gasteiger partial charge in [0.1, 0.15) is 6.04 Å². The summed E-state index contributed by atoms with van der Waals surface area (Å²) in [4.78, 5) is 24.2. The number of ether oxygens (including phenoxy) is 2. The minimum Gasteiger partial charge on any atom is -0.469 e. The Morgan fingerprint density at radius 1 is 0.857 bits per heavy atom. The molecule has 0 bridgehead atoms. The smallest absolute Gasteiger partial charge is 0.323 e. The van der Waals surface area contributed by atoms with E-state index >= 15 is 0 Å². The number of carbonyl (C=O) groups excluding carboxylic acids is 2. The second-order valence-electron chi connectivity index (χ2n) is 8.23. The highest BCUT2D eigenvalue weighted by Crippen LogP contribution is 2.49. The fraction of sp³-hybridized carbons (Fsp3) is 0.259. The molecule has 1 N–H and O–H groups in total. The molecular weight excluding hydrogens is 465 g/mol. The summed E-state index contributed by atoms with van der Waals surface area (Å²) in [5.74, 6) is -1.23. The van der Waals surface area contributed by atoms with Crippen molar-refractivity contribution in [3.63, 3.8) is 0 Å². The van der Waals surface area contributed by atoms with Crippen molar-refractivity contribution in [1.29, 1.82) is 0 Å². The zero-order chi connectivity index (χ0) is 24.8. The molecule has 0 saturated carbocycles.